The van der Waals surface area contributed by atoms with Crippen LogP contribution >= 0.6 is 11.6 Å². The number of halogens is 1. The maximum atomic E-state index is 10.8. The Morgan fingerprint density at radius 1 is 1.06 bits per heavy atom. The third-order valence-electron chi connectivity index (χ3n) is 2.83. The Labute approximate surface area is 111 Å². The molecule has 0 aromatic heterocycles. The van der Waals surface area contributed by atoms with E-state index in [1.165, 1.54) is 11.6 Å². The van der Waals surface area contributed by atoms with Crippen LogP contribution in [0.5, 0.6) is 0 Å². The van der Waals surface area contributed by atoms with Gasteiger partial charge in [-0.15, -0.1) is 0 Å². The molecule has 92 valence electrons. The summed E-state index contributed by atoms with van der Waals surface area (Å²) in [6.07, 6.45) is 1.70. The first-order valence-corrected chi connectivity index (χ1v) is 6.10. The molecule has 0 aliphatic heterocycles. The van der Waals surface area contributed by atoms with E-state index in [0.717, 1.165) is 18.4 Å². The number of hydrogen-bond acceptors (Lipinski definition) is 1. The van der Waals surface area contributed by atoms with Gasteiger partial charge in [0.15, 0.2) is 0 Å². The molecule has 0 amide bonds. The molecule has 0 aliphatic rings. The number of benzene rings is 2. The van der Waals surface area contributed by atoms with Crippen molar-refractivity contribution < 1.29 is 9.90 Å². The van der Waals surface area contributed by atoms with Crippen LogP contribution in [0.25, 0.3) is 0 Å². The second-order valence-corrected chi connectivity index (χ2v) is 4.50. The summed E-state index contributed by atoms with van der Waals surface area (Å²) < 4.78 is 0. The minimum Gasteiger partial charge on any atom is -0.478 e. The monoisotopic (exact) mass is 260 g/mol. The molecule has 0 saturated heterocycles. The third-order valence-corrected chi connectivity index (χ3v) is 3.18. The summed E-state index contributed by atoms with van der Waals surface area (Å²) in [5.74, 6) is -0.952. The average Bonchev–Trinajstić information content (AvgIpc) is 2.38. The first-order valence-electron chi connectivity index (χ1n) is 5.72. The van der Waals surface area contributed by atoms with Crippen molar-refractivity contribution in [3.63, 3.8) is 0 Å². The lowest BCUT2D eigenvalue weighted by Gasteiger charge is -2.05. The minimum absolute atomic E-state index is 0.225. The van der Waals surface area contributed by atoms with Gasteiger partial charge in [-0.1, -0.05) is 48.0 Å². The molecule has 0 bridgehead atoms. The van der Waals surface area contributed by atoms with E-state index in [2.05, 4.69) is 12.1 Å². The molecule has 2 nitrogen and oxygen atoms in total. The minimum atomic E-state index is -0.952. The molecular weight excluding hydrogens is 248 g/mol. The number of aryl methyl sites for hydroxylation is 2. The van der Waals surface area contributed by atoms with Crippen LogP contribution in [0.3, 0.4) is 0 Å². The fourth-order valence-electron chi connectivity index (χ4n) is 1.81. The van der Waals surface area contributed by atoms with Crippen molar-refractivity contribution in [2.45, 2.75) is 12.8 Å². The number of hydrogen-bond donors (Lipinski definition) is 1. The maximum absolute atomic E-state index is 10.8. The number of carboxylic acids is 1. The molecule has 0 spiro atoms. The summed E-state index contributed by atoms with van der Waals surface area (Å²) in [5, 5.41) is 9.37. The van der Waals surface area contributed by atoms with Crippen LogP contribution in [0.4, 0.5) is 0 Å². The van der Waals surface area contributed by atoms with E-state index in [1.54, 1.807) is 12.1 Å². The van der Waals surface area contributed by atoms with Crippen molar-refractivity contribution in [2.75, 3.05) is 0 Å². The van der Waals surface area contributed by atoms with Gasteiger partial charge in [-0.2, -0.15) is 0 Å². The first kappa shape index (κ1) is 12.7. The zero-order chi connectivity index (χ0) is 13.0. The second kappa shape index (κ2) is 5.69. The average molecular weight is 261 g/mol. The highest BCUT2D eigenvalue weighted by molar-refractivity contribution is 6.31. The van der Waals surface area contributed by atoms with Gasteiger partial charge >= 0.3 is 5.97 Å². The zero-order valence-electron chi connectivity index (χ0n) is 9.77. The summed E-state index contributed by atoms with van der Waals surface area (Å²) in [4.78, 5) is 10.8. The molecule has 2 rings (SSSR count). The van der Waals surface area contributed by atoms with Crippen molar-refractivity contribution in [3.8, 4) is 0 Å². The van der Waals surface area contributed by atoms with Crippen LogP contribution in [0.1, 0.15) is 21.5 Å². The van der Waals surface area contributed by atoms with E-state index in [1.807, 2.05) is 18.2 Å². The highest BCUT2D eigenvalue weighted by Crippen LogP contribution is 2.20. The van der Waals surface area contributed by atoms with Crippen molar-refractivity contribution >= 4 is 17.6 Å². The predicted molar refractivity (Wildman–Crippen MR) is 72.3 cm³/mol. The summed E-state index contributed by atoms with van der Waals surface area (Å²) in [5.41, 5.74) is 2.45. The molecule has 0 unspecified atom stereocenters. The number of carboxylic acid groups (broad SMARTS) is 1. The van der Waals surface area contributed by atoms with Crippen molar-refractivity contribution in [1.29, 1.82) is 0 Å². The Morgan fingerprint density at radius 3 is 2.39 bits per heavy atom. The normalized spacial score (nSPS) is 10.3. The Hall–Kier alpha value is -1.80. The highest BCUT2D eigenvalue weighted by Gasteiger charge is 2.07. The van der Waals surface area contributed by atoms with Crippen LogP contribution in [0, 0.1) is 0 Å². The van der Waals surface area contributed by atoms with E-state index in [0.29, 0.717) is 5.02 Å². The molecule has 3 heteroatoms. The van der Waals surface area contributed by atoms with Gasteiger partial charge < -0.3 is 5.11 Å². The quantitative estimate of drug-likeness (QED) is 0.907. The van der Waals surface area contributed by atoms with E-state index in [9.17, 15) is 4.79 Å². The molecule has 0 heterocycles. The number of aromatic carboxylic acids is 1. The predicted octanol–water partition coefficient (Wildman–Crippen LogP) is 3.82. The third kappa shape index (κ3) is 3.11. The van der Waals surface area contributed by atoms with Crippen molar-refractivity contribution in [1.82, 2.24) is 0 Å². The van der Waals surface area contributed by atoms with E-state index >= 15 is 0 Å². The summed E-state index contributed by atoms with van der Waals surface area (Å²) in [7, 11) is 0. The summed E-state index contributed by atoms with van der Waals surface area (Å²) in [6.45, 7) is 0. The maximum Gasteiger partial charge on any atom is 0.335 e. The molecule has 0 atom stereocenters. The van der Waals surface area contributed by atoms with Crippen LogP contribution in [0.15, 0.2) is 48.5 Å². The summed E-state index contributed by atoms with van der Waals surface area (Å²) >= 11 is 6.08. The highest BCUT2D eigenvalue weighted by atomic mass is 35.5. The van der Waals surface area contributed by atoms with Crippen molar-refractivity contribution in [2.24, 2.45) is 0 Å². The lowest BCUT2D eigenvalue weighted by molar-refractivity contribution is 0.0697. The molecule has 1 N–H and O–H groups in total. The smallest absolute Gasteiger partial charge is 0.335 e. The summed E-state index contributed by atoms with van der Waals surface area (Å²) in [6, 6.07) is 15.0. The fourth-order valence-corrected chi connectivity index (χ4v) is 2.08. The van der Waals surface area contributed by atoms with E-state index in [-0.39, 0.29) is 5.56 Å². The molecule has 18 heavy (non-hydrogen) atoms. The fraction of sp³-hybridized carbons (Fsp3) is 0.133. The van der Waals surface area contributed by atoms with Crippen LogP contribution in [-0.4, -0.2) is 11.1 Å². The Kier molecular flexibility index (Phi) is 4.00. The molecule has 0 aliphatic carbocycles. The van der Waals surface area contributed by atoms with Gasteiger partial charge in [-0.3, -0.25) is 0 Å². The van der Waals surface area contributed by atoms with Crippen LogP contribution < -0.4 is 0 Å². The molecule has 0 fully saturated rings. The van der Waals surface area contributed by atoms with Gasteiger partial charge in [0.05, 0.1) is 5.56 Å². The molecule has 2 aromatic carbocycles. The Balaban J connectivity index is 2.08. The standard InChI is InChI=1S/C15H13ClO2/c16-14-10-13(15(17)18)9-8-12(14)7-6-11-4-2-1-3-5-11/h1-5,8-10H,6-7H2,(H,17,18). The molecule has 0 radical (unpaired) electrons. The van der Waals surface area contributed by atoms with E-state index in [4.69, 9.17) is 16.7 Å². The molecular formula is C15H13ClO2. The number of rotatable bonds is 4. The van der Waals surface area contributed by atoms with Gasteiger partial charge in [-0.05, 0) is 36.1 Å². The first-order chi connectivity index (χ1) is 8.66. The van der Waals surface area contributed by atoms with Crippen molar-refractivity contribution in [3.05, 3.63) is 70.2 Å². The van der Waals surface area contributed by atoms with E-state index < -0.39 is 5.97 Å². The van der Waals surface area contributed by atoms with Gasteiger partial charge in [0, 0.05) is 5.02 Å². The second-order valence-electron chi connectivity index (χ2n) is 4.10. The number of carbonyl (C=O) groups is 1. The van der Waals surface area contributed by atoms with Gasteiger partial charge in [0.25, 0.3) is 0 Å². The van der Waals surface area contributed by atoms with Gasteiger partial charge in [0.1, 0.15) is 0 Å². The Morgan fingerprint density at radius 2 is 1.78 bits per heavy atom. The van der Waals surface area contributed by atoms with Gasteiger partial charge in [-0.25, -0.2) is 4.79 Å². The Bertz CT molecular complexity index is 550. The van der Waals surface area contributed by atoms with Gasteiger partial charge in [0.2, 0.25) is 0 Å². The molecule has 0 saturated carbocycles. The van der Waals surface area contributed by atoms with Crippen LogP contribution in [-0.2, 0) is 12.8 Å². The lowest BCUT2D eigenvalue weighted by Crippen LogP contribution is -1.98. The zero-order valence-corrected chi connectivity index (χ0v) is 10.5. The lowest BCUT2D eigenvalue weighted by atomic mass is 10.0. The SMILES string of the molecule is O=C(O)c1ccc(CCc2ccccc2)c(Cl)c1. The molecule has 2 aromatic rings. The topological polar surface area (TPSA) is 37.3 Å². The van der Waals surface area contributed by atoms with Crippen LogP contribution in [0.2, 0.25) is 5.02 Å². The largest absolute Gasteiger partial charge is 0.478 e.